The number of ether oxygens (including phenoxy) is 1. The standard InChI is InChI=1S/C15H24N2O4/c1-4-7-16(8-5-2)15(20)17(9-6-3)13-11-21-10-12(13)14(18)19/h4-5,12-13H,1-2,6-11H2,3H3,(H,18,19). The van der Waals surface area contributed by atoms with Gasteiger partial charge in [0.25, 0.3) is 0 Å². The molecule has 0 radical (unpaired) electrons. The van der Waals surface area contributed by atoms with Gasteiger partial charge >= 0.3 is 12.0 Å². The number of hydrogen-bond donors (Lipinski definition) is 1. The molecule has 6 nitrogen and oxygen atoms in total. The summed E-state index contributed by atoms with van der Waals surface area (Å²) < 4.78 is 5.27. The number of carboxylic acid groups (broad SMARTS) is 1. The Kier molecular flexibility index (Phi) is 6.94. The van der Waals surface area contributed by atoms with E-state index in [1.807, 2.05) is 6.92 Å². The summed E-state index contributed by atoms with van der Waals surface area (Å²) in [4.78, 5) is 27.2. The fraction of sp³-hybridized carbons (Fsp3) is 0.600. The minimum Gasteiger partial charge on any atom is -0.481 e. The molecule has 6 heteroatoms. The number of nitrogens with zero attached hydrogens (tertiary/aromatic N) is 2. The molecule has 2 atom stereocenters. The van der Waals surface area contributed by atoms with Gasteiger partial charge in [0.1, 0.15) is 5.92 Å². The van der Waals surface area contributed by atoms with E-state index in [4.69, 9.17) is 4.74 Å². The second-order valence-electron chi connectivity index (χ2n) is 5.01. The second-order valence-corrected chi connectivity index (χ2v) is 5.01. The van der Waals surface area contributed by atoms with Crippen molar-refractivity contribution in [3.8, 4) is 0 Å². The number of rotatable bonds is 8. The zero-order chi connectivity index (χ0) is 15.8. The molecule has 1 saturated heterocycles. The van der Waals surface area contributed by atoms with E-state index in [1.54, 1.807) is 22.0 Å². The van der Waals surface area contributed by atoms with E-state index in [-0.39, 0.29) is 19.2 Å². The third kappa shape index (κ3) is 4.32. The van der Waals surface area contributed by atoms with Crippen LogP contribution in [-0.2, 0) is 9.53 Å². The van der Waals surface area contributed by atoms with Gasteiger partial charge in [0.2, 0.25) is 0 Å². The van der Waals surface area contributed by atoms with Crippen LogP contribution in [0.5, 0.6) is 0 Å². The smallest absolute Gasteiger partial charge is 0.320 e. The van der Waals surface area contributed by atoms with Gasteiger partial charge in [0, 0.05) is 19.6 Å². The van der Waals surface area contributed by atoms with E-state index in [2.05, 4.69) is 13.2 Å². The number of carbonyl (C=O) groups is 2. The molecular formula is C15H24N2O4. The highest BCUT2D eigenvalue weighted by atomic mass is 16.5. The molecule has 0 aromatic rings. The molecule has 1 N–H and O–H groups in total. The first-order valence-corrected chi connectivity index (χ1v) is 7.14. The third-order valence-electron chi connectivity index (χ3n) is 3.45. The summed E-state index contributed by atoms with van der Waals surface area (Å²) >= 11 is 0. The van der Waals surface area contributed by atoms with E-state index in [0.29, 0.717) is 19.6 Å². The lowest BCUT2D eigenvalue weighted by molar-refractivity contribution is -0.142. The Morgan fingerprint density at radius 1 is 1.29 bits per heavy atom. The first kappa shape index (κ1) is 17.2. The van der Waals surface area contributed by atoms with E-state index >= 15 is 0 Å². The minimum atomic E-state index is -0.926. The van der Waals surface area contributed by atoms with Crippen LogP contribution in [0.3, 0.4) is 0 Å². The van der Waals surface area contributed by atoms with Crippen molar-refractivity contribution >= 4 is 12.0 Å². The van der Waals surface area contributed by atoms with Crippen LogP contribution < -0.4 is 0 Å². The van der Waals surface area contributed by atoms with Crippen molar-refractivity contribution in [1.29, 1.82) is 0 Å². The number of carbonyl (C=O) groups excluding carboxylic acids is 1. The predicted octanol–water partition coefficient (Wildman–Crippen LogP) is 1.59. The van der Waals surface area contributed by atoms with Gasteiger partial charge in [-0.25, -0.2) is 4.79 Å². The molecule has 0 bridgehead atoms. The maximum absolute atomic E-state index is 12.7. The van der Waals surface area contributed by atoms with Crippen LogP contribution in [0.1, 0.15) is 13.3 Å². The molecule has 1 rings (SSSR count). The van der Waals surface area contributed by atoms with Crippen LogP contribution in [0, 0.1) is 5.92 Å². The molecule has 1 fully saturated rings. The van der Waals surface area contributed by atoms with E-state index < -0.39 is 17.9 Å². The number of urea groups is 1. The molecule has 1 aliphatic heterocycles. The molecule has 0 saturated carbocycles. The third-order valence-corrected chi connectivity index (χ3v) is 3.45. The largest absolute Gasteiger partial charge is 0.481 e. The van der Waals surface area contributed by atoms with Crippen molar-refractivity contribution in [2.75, 3.05) is 32.8 Å². The van der Waals surface area contributed by atoms with E-state index in [1.165, 1.54) is 0 Å². The molecule has 1 heterocycles. The van der Waals surface area contributed by atoms with E-state index in [9.17, 15) is 14.7 Å². The van der Waals surface area contributed by atoms with Gasteiger partial charge in [-0.2, -0.15) is 0 Å². The summed E-state index contributed by atoms with van der Waals surface area (Å²) in [6.07, 6.45) is 4.04. The maximum atomic E-state index is 12.7. The summed E-state index contributed by atoms with van der Waals surface area (Å²) in [6, 6.07) is -0.620. The SMILES string of the molecule is C=CCN(CC=C)C(=O)N(CCC)C1COCC1C(=O)O. The molecule has 0 aromatic carbocycles. The molecule has 1 aliphatic rings. The van der Waals surface area contributed by atoms with Gasteiger partial charge in [0.05, 0.1) is 19.3 Å². The van der Waals surface area contributed by atoms with Crippen molar-refractivity contribution in [2.24, 2.45) is 5.92 Å². The Morgan fingerprint density at radius 2 is 1.90 bits per heavy atom. The summed E-state index contributed by atoms with van der Waals surface area (Å²) in [5.74, 6) is -1.60. The normalized spacial score (nSPS) is 20.8. The van der Waals surface area contributed by atoms with Gasteiger partial charge in [-0.05, 0) is 6.42 Å². The molecule has 2 amide bonds. The zero-order valence-corrected chi connectivity index (χ0v) is 12.5. The van der Waals surface area contributed by atoms with Gasteiger partial charge in [0.15, 0.2) is 0 Å². The summed E-state index contributed by atoms with van der Waals surface area (Å²) in [5, 5.41) is 9.26. The topological polar surface area (TPSA) is 70.1 Å². The number of amides is 2. The lowest BCUT2D eigenvalue weighted by Crippen LogP contribution is -2.52. The molecular weight excluding hydrogens is 272 g/mol. The lowest BCUT2D eigenvalue weighted by atomic mass is 10.0. The average molecular weight is 296 g/mol. The Hall–Kier alpha value is -1.82. The van der Waals surface area contributed by atoms with Crippen LogP contribution in [0.4, 0.5) is 4.79 Å². The maximum Gasteiger partial charge on any atom is 0.320 e. The molecule has 2 unspecified atom stereocenters. The Morgan fingerprint density at radius 3 is 2.38 bits per heavy atom. The lowest BCUT2D eigenvalue weighted by Gasteiger charge is -2.34. The molecule has 0 aromatic heterocycles. The van der Waals surface area contributed by atoms with Gasteiger partial charge in [-0.3, -0.25) is 4.79 Å². The highest BCUT2D eigenvalue weighted by molar-refractivity contribution is 5.77. The second kappa shape index (κ2) is 8.46. The molecule has 118 valence electrons. The summed E-state index contributed by atoms with van der Waals surface area (Å²) in [5.41, 5.74) is 0. The highest BCUT2D eigenvalue weighted by Crippen LogP contribution is 2.22. The molecule has 21 heavy (non-hydrogen) atoms. The Balaban J connectivity index is 2.92. The zero-order valence-electron chi connectivity index (χ0n) is 12.5. The van der Waals surface area contributed by atoms with Gasteiger partial charge < -0.3 is 19.6 Å². The Bertz CT molecular complexity index is 387. The summed E-state index contributed by atoms with van der Waals surface area (Å²) in [6.45, 7) is 11.0. The van der Waals surface area contributed by atoms with Crippen molar-refractivity contribution in [1.82, 2.24) is 9.80 Å². The fourth-order valence-corrected chi connectivity index (χ4v) is 2.45. The monoisotopic (exact) mass is 296 g/mol. The van der Waals surface area contributed by atoms with Crippen molar-refractivity contribution in [3.05, 3.63) is 25.3 Å². The van der Waals surface area contributed by atoms with Crippen LogP contribution in [0.25, 0.3) is 0 Å². The fourth-order valence-electron chi connectivity index (χ4n) is 2.45. The number of aliphatic carboxylic acids is 1. The van der Waals surface area contributed by atoms with Crippen LogP contribution >= 0.6 is 0 Å². The molecule has 0 spiro atoms. The first-order valence-electron chi connectivity index (χ1n) is 7.14. The summed E-state index contributed by atoms with van der Waals surface area (Å²) in [7, 11) is 0. The van der Waals surface area contributed by atoms with Gasteiger partial charge in [-0.1, -0.05) is 19.1 Å². The van der Waals surface area contributed by atoms with Crippen molar-refractivity contribution < 1.29 is 19.4 Å². The van der Waals surface area contributed by atoms with Crippen LogP contribution in [-0.4, -0.2) is 65.8 Å². The van der Waals surface area contributed by atoms with Crippen LogP contribution in [0.2, 0.25) is 0 Å². The quantitative estimate of drug-likeness (QED) is 0.691. The van der Waals surface area contributed by atoms with Gasteiger partial charge in [-0.15, -0.1) is 13.2 Å². The van der Waals surface area contributed by atoms with E-state index in [0.717, 1.165) is 6.42 Å². The highest BCUT2D eigenvalue weighted by Gasteiger charge is 2.40. The Labute approximate surface area is 125 Å². The van der Waals surface area contributed by atoms with Crippen molar-refractivity contribution in [3.63, 3.8) is 0 Å². The predicted molar refractivity (Wildman–Crippen MR) is 80.1 cm³/mol. The number of carboxylic acids is 1. The molecule has 0 aliphatic carbocycles. The average Bonchev–Trinajstić information content (AvgIpc) is 2.93. The van der Waals surface area contributed by atoms with Crippen molar-refractivity contribution in [2.45, 2.75) is 19.4 Å². The number of hydrogen-bond acceptors (Lipinski definition) is 3. The minimum absolute atomic E-state index is 0.149. The van der Waals surface area contributed by atoms with Crippen LogP contribution in [0.15, 0.2) is 25.3 Å². The first-order chi connectivity index (χ1) is 10.1.